The third-order valence-electron chi connectivity index (χ3n) is 6.08. The Kier molecular flexibility index (Phi) is 9.84. The second kappa shape index (κ2) is 12.1. The summed E-state index contributed by atoms with van der Waals surface area (Å²) >= 11 is 0. The summed E-state index contributed by atoms with van der Waals surface area (Å²) in [6.45, 7) is 5.78. The van der Waals surface area contributed by atoms with E-state index in [1.807, 2.05) is 38.1 Å². The molecule has 3 amide bonds. The van der Waals surface area contributed by atoms with Gasteiger partial charge in [-0.05, 0) is 36.8 Å². The van der Waals surface area contributed by atoms with Crippen molar-refractivity contribution in [3.05, 3.63) is 29.8 Å². The second-order valence-electron chi connectivity index (χ2n) is 9.57. The number of carbonyl (C=O) groups is 3. The van der Waals surface area contributed by atoms with Crippen LogP contribution >= 0.6 is 0 Å². The molecule has 0 fully saturated rings. The van der Waals surface area contributed by atoms with E-state index in [1.165, 1.54) is 14.2 Å². The molecular formula is C24H38N4O6. The average Bonchev–Trinajstić information content (AvgIpc) is 2.80. The second-order valence-corrected chi connectivity index (χ2v) is 9.57. The molecule has 0 spiro atoms. The fraction of sp³-hybridized carbons (Fsp3) is 0.625. The lowest BCUT2D eigenvalue weighted by molar-refractivity contribution is -0.130. The zero-order chi connectivity index (χ0) is 25.5. The van der Waals surface area contributed by atoms with Crippen LogP contribution in [0.15, 0.2) is 24.3 Å². The highest BCUT2D eigenvalue weighted by atomic mass is 16.5. The number of alkyl carbamates (subject to hydrolysis) is 1. The molecule has 10 heteroatoms. The van der Waals surface area contributed by atoms with E-state index in [0.29, 0.717) is 19.4 Å². The molecule has 1 unspecified atom stereocenters. The molecule has 1 aliphatic rings. The zero-order valence-corrected chi connectivity index (χ0v) is 20.7. The number of ether oxygens (including phenoxy) is 2. The Bertz CT molecular complexity index is 862. The van der Waals surface area contributed by atoms with Crippen LogP contribution in [0.25, 0.3) is 0 Å². The molecule has 2 rings (SSSR count). The summed E-state index contributed by atoms with van der Waals surface area (Å²) in [6.07, 6.45) is -0.962. The Labute approximate surface area is 201 Å². The van der Waals surface area contributed by atoms with E-state index in [-0.39, 0.29) is 30.8 Å². The SMILES string of the molecule is COC(=O)NC1Cc2ccccc2N(C(=O)CC(C)(C)C[C@H](N)[C@@H](O)CNC(=O)[C@@H](C)OC)C1. The lowest BCUT2D eigenvalue weighted by atomic mass is 9.80. The van der Waals surface area contributed by atoms with Gasteiger partial charge in [0.1, 0.15) is 6.10 Å². The smallest absolute Gasteiger partial charge is 0.407 e. The van der Waals surface area contributed by atoms with E-state index in [0.717, 1.165) is 11.3 Å². The minimum Gasteiger partial charge on any atom is -0.453 e. The third kappa shape index (κ3) is 7.68. The lowest BCUT2D eigenvalue weighted by Gasteiger charge is -2.37. The first-order chi connectivity index (χ1) is 16.0. The molecule has 34 heavy (non-hydrogen) atoms. The summed E-state index contributed by atoms with van der Waals surface area (Å²) in [7, 11) is 2.74. The van der Waals surface area contributed by atoms with Crippen molar-refractivity contribution >= 4 is 23.6 Å². The van der Waals surface area contributed by atoms with Gasteiger partial charge in [0.25, 0.3) is 0 Å². The third-order valence-corrected chi connectivity index (χ3v) is 6.08. The minimum atomic E-state index is -0.966. The van der Waals surface area contributed by atoms with Crippen molar-refractivity contribution in [2.45, 2.75) is 64.3 Å². The highest BCUT2D eigenvalue weighted by Crippen LogP contribution is 2.32. The Balaban J connectivity index is 2.02. The van der Waals surface area contributed by atoms with Gasteiger partial charge < -0.3 is 35.8 Å². The Hall–Kier alpha value is -2.69. The summed E-state index contributed by atoms with van der Waals surface area (Å²) in [6, 6.07) is 6.71. The van der Waals surface area contributed by atoms with Crippen LogP contribution in [-0.4, -0.2) is 74.6 Å². The summed E-state index contributed by atoms with van der Waals surface area (Å²) in [4.78, 5) is 38.6. The molecule has 5 N–H and O–H groups in total. The molecule has 1 heterocycles. The molecule has 1 aliphatic heterocycles. The zero-order valence-electron chi connectivity index (χ0n) is 20.7. The number of hydrogen-bond acceptors (Lipinski definition) is 7. The molecule has 10 nitrogen and oxygen atoms in total. The number of amides is 3. The first kappa shape index (κ1) is 27.6. The predicted octanol–water partition coefficient (Wildman–Crippen LogP) is 0.946. The van der Waals surface area contributed by atoms with E-state index in [1.54, 1.807) is 11.8 Å². The van der Waals surface area contributed by atoms with Gasteiger partial charge in [0.15, 0.2) is 0 Å². The van der Waals surface area contributed by atoms with Gasteiger partial charge in [-0.15, -0.1) is 0 Å². The van der Waals surface area contributed by atoms with E-state index < -0.39 is 29.8 Å². The summed E-state index contributed by atoms with van der Waals surface area (Å²) < 4.78 is 9.66. The van der Waals surface area contributed by atoms with Gasteiger partial charge in [-0.2, -0.15) is 0 Å². The van der Waals surface area contributed by atoms with Crippen molar-refractivity contribution < 1.29 is 29.0 Å². The van der Waals surface area contributed by atoms with Crippen LogP contribution in [-0.2, 0) is 25.5 Å². The van der Waals surface area contributed by atoms with Gasteiger partial charge in [-0.1, -0.05) is 32.0 Å². The number of anilines is 1. The van der Waals surface area contributed by atoms with Crippen molar-refractivity contribution in [1.82, 2.24) is 10.6 Å². The first-order valence-electron chi connectivity index (χ1n) is 11.4. The molecule has 0 radical (unpaired) electrons. The summed E-state index contributed by atoms with van der Waals surface area (Å²) in [5, 5.41) is 15.8. The standard InChI is InChI=1S/C24H38N4O6/c1-15(33-4)22(31)26-13-20(29)18(25)11-24(2,3)12-21(30)28-14-17(27-23(32)34-5)10-16-8-6-7-9-19(16)28/h6-9,15,17-18,20,29H,10-14,25H2,1-5H3,(H,26,31)(H,27,32)/t15-,17?,18+,20+/m1/s1. The van der Waals surface area contributed by atoms with Crippen LogP contribution < -0.4 is 21.3 Å². The van der Waals surface area contributed by atoms with E-state index in [9.17, 15) is 19.5 Å². The molecular weight excluding hydrogens is 440 g/mol. The number of aliphatic hydroxyl groups is 1. The first-order valence-corrected chi connectivity index (χ1v) is 11.4. The maximum atomic E-state index is 13.4. The van der Waals surface area contributed by atoms with Gasteiger partial charge in [-0.3, -0.25) is 9.59 Å². The number of nitrogens with one attached hydrogen (secondary N) is 2. The highest BCUT2D eigenvalue weighted by molar-refractivity contribution is 5.95. The van der Waals surface area contributed by atoms with Gasteiger partial charge in [-0.25, -0.2) is 4.79 Å². The van der Waals surface area contributed by atoms with Crippen LogP contribution in [0.3, 0.4) is 0 Å². The Morgan fingerprint density at radius 2 is 1.94 bits per heavy atom. The lowest BCUT2D eigenvalue weighted by Crippen LogP contribution is -2.51. The molecule has 0 bridgehead atoms. The normalized spacial score (nSPS) is 18.3. The van der Waals surface area contributed by atoms with E-state index in [4.69, 9.17) is 15.2 Å². The quantitative estimate of drug-likeness (QED) is 0.392. The number of nitrogens with zero attached hydrogens (tertiary/aromatic N) is 1. The number of carbonyl (C=O) groups excluding carboxylic acids is 3. The minimum absolute atomic E-state index is 0.00188. The number of aliphatic hydroxyl groups excluding tert-OH is 1. The van der Waals surface area contributed by atoms with Gasteiger partial charge >= 0.3 is 6.09 Å². The van der Waals surface area contributed by atoms with Crippen molar-refractivity contribution in [2.75, 3.05) is 32.2 Å². The summed E-state index contributed by atoms with van der Waals surface area (Å²) in [5.74, 6) is -0.431. The number of benzene rings is 1. The predicted molar refractivity (Wildman–Crippen MR) is 128 cm³/mol. The summed E-state index contributed by atoms with van der Waals surface area (Å²) in [5.41, 5.74) is 7.48. The van der Waals surface area contributed by atoms with Crippen LogP contribution in [0.2, 0.25) is 0 Å². The van der Waals surface area contributed by atoms with Crippen molar-refractivity contribution in [2.24, 2.45) is 11.1 Å². The fourth-order valence-electron chi connectivity index (χ4n) is 4.11. The van der Waals surface area contributed by atoms with E-state index in [2.05, 4.69) is 10.6 Å². The maximum Gasteiger partial charge on any atom is 0.407 e. The number of para-hydroxylation sites is 1. The number of methoxy groups -OCH3 is 2. The van der Waals surface area contributed by atoms with Crippen LogP contribution in [0.4, 0.5) is 10.5 Å². The molecule has 0 saturated heterocycles. The van der Waals surface area contributed by atoms with E-state index >= 15 is 0 Å². The van der Waals surface area contributed by atoms with Gasteiger partial charge in [0.2, 0.25) is 11.8 Å². The van der Waals surface area contributed by atoms with Crippen molar-refractivity contribution in [3.63, 3.8) is 0 Å². The molecule has 190 valence electrons. The topological polar surface area (TPSA) is 143 Å². The maximum absolute atomic E-state index is 13.4. The van der Waals surface area contributed by atoms with Crippen LogP contribution in [0, 0.1) is 5.41 Å². The molecule has 0 aromatic heterocycles. The Morgan fingerprint density at radius 1 is 1.26 bits per heavy atom. The molecule has 4 atom stereocenters. The average molecular weight is 479 g/mol. The molecule has 0 aliphatic carbocycles. The van der Waals surface area contributed by atoms with Crippen molar-refractivity contribution in [3.8, 4) is 0 Å². The monoisotopic (exact) mass is 478 g/mol. The van der Waals surface area contributed by atoms with Crippen molar-refractivity contribution in [1.29, 1.82) is 0 Å². The Morgan fingerprint density at radius 3 is 2.59 bits per heavy atom. The fourth-order valence-corrected chi connectivity index (χ4v) is 4.11. The van der Waals surface area contributed by atoms with Crippen LogP contribution in [0.1, 0.15) is 39.2 Å². The number of rotatable bonds is 10. The number of hydrogen-bond donors (Lipinski definition) is 4. The molecule has 1 aromatic rings. The van der Waals surface area contributed by atoms with Gasteiger partial charge in [0.05, 0.1) is 19.3 Å². The molecule has 0 saturated carbocycles. The highest BCUT2D eigenvalue weighted by Gasteiger charge is 2.34. The molecule has 1 aromatic carbocycles. The van der Waals surface area contributed by atoms with Crippen LogP contribution in [0.5, 0.6) is 0 Å². The van der Waals surface area contributed by atoms with Gasteiger partial charge in [0, 0.05) is 38.3 Å². The largest absolute Gasteiger partial charge is 0.453 e. The number of fused-ring (bicyclic) bond motifs is 1. The number of nitrogens with two attached hydrogens (primary N) is 1.